The van der Waals surface area contributed by atoms with E-state index in [1.807, 2.05) is 6.07 Å². The van der Waals surface area contributed by atoms with Crippen LogP contribution in [0.5, 0.6) is 0 Å². The van der Waals surface area contributed by atoms with E-state index in [2.05, 4.69) is 11.9 Å². The molecule has 72 valence electrons. The van der Waals surface area contributed by atoms with Crippen LogP contribution < -0.4 is 5.73 Å². The van der Waals surface area contributed by atoms with Gasteiger partial charge in [0.2, 0.25) is 0 Å². The third-order valence-electron chi connectivity index (χ3n) is 2.07. The van der Waals surface area contributed by atoms with E-state index < -0.39 is 0 Å². The summed E-state index contributed by atoms with van der Waals surface area (Å²) in [7, 11) is 0. The minimum atomic E-state index is -0.271. The van der Waals surface area contributed by atoms with Gasteiger partial charge in [-0.1, -0.05) is 13.0 Å². The van der Waals surface area contributed by atoms with Gasteiger partial charge in [-0.25, -0.2) is 4.98 Å². The lowest BCUT2D eigenvalue weighted by Crippen LogP contribution is -2.06. The molecule has 0 radical (unpaired) electrons. The molecule has 2 atom stereocenters. The van der Waals surface area contributed by atoms with E-state index in [1.54, 1.807) is 19.2 Å². The second-order valence-electron chi connectivity index (χ2n) is 3.50. The van der Waals surface area contributed by atoms with Crippen molar-refractivity contribution in [3.63, 3.8) is 0 Å². The maximum absolute atomic E-state index is 9.19. The molecule has 1 heterocycles. The van der Waals surface area contributed by atoms with Crippen LogP contribution in [0.4, 0.5) is 5.82 Å². The lowest BCUT2D eigenvalue weighted by atomic mass is 9.97. The lowest BCUT2D eigenvalue weighted by Gasteiger charge is -2.12. The maximum Gasteiger partial charge on any atom is 0.123 e. The Morgan fingerprint density at radius 3 is 2.62 bits per heavy atom. The lowest BCUT2D eigenvalue weighted by molar-refractivity contribution is 0.176. The van der Waals surface area contributed by atoms with E-state index in [0.717, 1.165) is 12.0 Å². The van der Waals surface area contributed by atoms with Gasteiger partial charge in [-0.3, -0.25) is 0 Å². The van der Waals surface area contributed by atoms with Crippen LogP contribution in [0.25, 0.3) is 0 Å². The number of aromatic nitrogens is 1. The van der Waals surface area contributed by atoms with E-state index in [0.29, 0.717) is 11.7 Å². The Morgan fingerprint density at radius 1 is 1.46 bits per heavy atom. The van der Waals surface area contributed by atoms with Crippen LogP contribution in [0.1, 0.15) is 31.7 Å². The van der Waals surface area contributed by atoms with Crippen LogP contribution in [0, 0.1) is 0 Å². The Labute approximate surface area is 78.6 Å². The smallest absolute Gasteiger partial charge is 0.123 e. The summed E-state index contributed by atoms with van der Waals surface area (Å²) in [4.78, 5) is 4.00. The largest absolute Gasteiger partial charge is 0.393 e. The zero-order valence-corrected chi connectivity index (χ0v) is 8.07. The summed E-state index contributed by atoms with van der Waals surface area (Å²) < 4.78 is 0. The molecule has 0 bridgehead atoms. The van der Waals surface area contributed by atoms with Gasteiger partial charge in [-0.2, -0.15) is 0 Å². The Hall–Kier alpha value is -1.09. The van der Waals surface area contributed by atoms with Gasteiger partial charge >= 0.3 is 0 Å². The first-order chi connectivity index (χ1) is 6.09. The number of anilines is 1. The summed E-state index contributed by atoms with van der Waals surface area (Å²) in [5, 5.41) is 9.19. The minimum Gasteiger partial charge on any atom is -0.393 e. The van der Waals surface area contributed by atoms with Gasteiger partial charge in [0.25, 0.3) is 0 Å². The number of hydrogen-bond acceptors (Lipinski definition) is 3. The molecule has 0 amide bonds. The molecule has 0 saturated heterocycles. The molecule has 0 aliphatic carbocycles. The van der Waals surface area contributed by atoms with Crippen molar-refractivity contribution in [2.45, 2.75) is 32.3 Å². The summed E-state index contributed by atoms with van der Waals surface area (Å²) in [5.41, 5.74) is 6.59. The number of hydrogen-bond donors (Lipinski definition) is 2. The second kappa shape index (κ2) is 4.23. The van der Waals surface area contributed by atoms with Gasteiger partial charge in [0.15, 0.2) is 0 Å². The fourth-order valence-corrected chi connectivity index (χ4v) is 1.36. The number of nitrogen functional groups attached to an aromatic ring is 1. The third-order valence-corrected chi connectivity index (χ3v) is 2.07. The standard InChI is InChI=1S/C10H16N2O/c1-7(5-8(2)13)9-3-4-10(11)12-6-9/h3-4,6-8,13H,5H2,1-2H3,(H2,11,12). The molecule has 1 aromatic heterocycles. The van der Waals surface area contributed by atoms with Gasteiger partial charge < -0.3 is 10.8 Å². The molecule has 0 saturated carbocycles. The Kier molecular flexibility index (Phi) is 3.25. The molecule has 3 N–H and O–H groups in total. The van der Waals surface area contributed by atoms with E-state index in [1.165, 1.54) is 0 Å². The summed E-state index contributed by atoms with van der Waals surface area (Å²) in [6.45, 7) is 3.86. The molecule has 0 spiro atoms. The fourth-order valence-electron chi connectivity index (χ4n) is 1.36. The first-order valence-electron chi connectivity index (χ1n) is 4.49. The Balaban J connectivity index is 2.66. The Bertz CT molecular complexity index is 256. The highest BCUT2D eigenvalue weighted by Gasteiger charge is 2.08. The molecule has 0 aliphatic rings. The first-order valence-corrected chi connectivity index (χ1v) is 4.49. The van der Waals surface area contributed by atoms with Crippen LogP contribution in [-0.2, 0) is 0 Å². The van der Waals surface area contributed by atoms with Crippen LogP contribution in [0.15, 0.2) is 18.3 Å². The highest BCUT2D eigenvalue weighted by atomic mass is 16.3. The molecule has 2 unspecified atom stereocenters. The first kappa shape index (κ1) is 9.99. The van der Waals surface area contributed by atoms with Crippen molar-refractivity contribution in [1.82, 2.24) is 4.98 Å². The van der Waals surface area contributed by atoms with Crippen molar-refractivity contribution in [3.8, 4) is 0 Å². The monoisotopic (exact) mass is 180 g/mol. The Morgan fingerprint density at radius 2 is 2.15 bits per heavy atom. The molecular weight excluding hydrogens is 164 g/mol. The molecule has 1 rings (SSSR count). The van der Waals surface area contributed by atoms with Gasteiger partial charge in [-0.15, -0.1) is 0 Å². The maximum atomic E-state index is 9.19. The molecule has 0 aliphatic heterocycles. The number of pyridine rings is 1. The van der Waals surface area contributed by atoms with Crippen LogP contribution >= 0.6 is 0 Å². The molecule has 3 heteroatoms. The van der Waals surface area contributed by atoms with E-state index in [4.69, 9.17) is 5.73 Å². The number of rotatable bonds is 3. The zero-order chi connectivity index (χ0) is 9.84. The quantitative estimate of drug-likeness (QED) is 0.741. The summed E-state index contributed by atoms with van der Waals surface area (Å²) in [6.07, 6.45) is 2.25. The third kappa shape index (κ3) is 3.03. The predicted octanol–water partition coefficient (Wildman–Crippen LogP) is 1.54. The van der Waals surface area contributed by atoms with Crippen LogP contribution in [-0.4, -0.2) is 16.2 Å². The molecule has 3 nitrogen and oxygen atoms in total. The van der Waals surface area contributed by atoms with E-state index in [9.17, 15) is 5.11 Å². The zero-order valence-electron chi connectivity index (χ0n) is 8.07. The summed E-state index contributed by atoms with van der Waals surface area (Å²) >= 11 is 0. The average molecular weight is 180 g/mol. The van der Waals surface area contributed by atoms with Crippen molar-refractivity contribution in [1.29, 1.82) is 0 Å². The molecule has 0 fully saturated rings. The van der Waals surface area contributed by atoms with Gasteiger partial charge in [-0.05, 0) is 30.9 Å². The molecule has 0 aromatic carbocycles. The SMILES string of the molecule is CC(O)CC(C)c1ccc(N)nc1. The van der Waals surface area contributed by atoms with Crippen molar-refractivity contribution in [2.75, 3.05) is 5.73 Å². The second-order valence-corrected chi connectivity index (χ2v) is 3.50. The number of nitrogens with two attached hydrogens (primary N) is 1. The van der Waals surface area contributed by atoms with Gasteiger partial charge in [0.1, 0.15) is 5.82 Å². The topological polar surface area (TPSA) is 59.1 Å². The predicted molar refractivity (Wildman–Crippen MR) is 53.4 cm³/mol. The van der Waals surface area contributed by atoms with Crippen molar-refractivity contribution in [3.05, 3.63) is 23.9 Å². The van der Waals surface area contributed by atoms with Crippen molar-refractivity contribution >= 4 is 5.82 Å². The van der Waals surface area contributed by atoms with E-state index >= 15 is 0 Å². The van der Waals surface area contributed by atoms with E-state index in [-0.39, 0.29) is 6.10 Å². The summed E-state index contributed by atoms with van der Waals surface area (Å²) in [5.74, 6) is 0.862. The van der Waals surface area contributed by atoms with Gasteiger partial charge in [0.05, 0.1) is 6.10 Å². The van der Waals surface area contributed by atoms with Gasteiger partial charge in [0, 0.05) is 6.20 Å². The number of aliphatic hydroxyl groups is 1. The fraction of sp³-hybridized carbons (Fsp3) is 0.500. The highest BCUT2D eigenvalue weighted by molar-refractivity contribution is 5.30. The highest BCUT2D eigenvalue weighted by Crippen LogP contribution is 2.19. The number of nitrogens with zero attached hydrogens (tertiary/aromatic N) is 1. The number of aliphatic hydroxyl groups excluding tert-OH is 1. The normalized spacial score (nSPS) is 15.3. The van der Waals surface area contributed by atoms with Crippen LogP contribution in [0.3, 0.4) is 0 Å². The summed E-state index contributed by atoms with van der Waals surface area (Å²) in [6, 6.07) is 3.74. The average Bonchev–Trinajstić information content (AvgIpc) is 2.04. The van der Waals surface area contributed by atoms with Crippen molar-refractivity contribution in [2.24, 2.45) is 0 Å². The van der Waals surface area contributed by atoms with Crippen LogP contribution in [0.2, 0.25) is 0 Å². The molecule has 13 heavy (non-hydrogen) atoms. The molecule has 1 aromatic rings. The molecular formula is C10H16N2O. The minimum absolute atomic E-state index is 0.271. The van der Waals surface area contributed by atoms with Crippen molar-refractivity contribution < 1.29 is 5.11 Å².